The normalized spacial score (nSPS) is 31.2. The van der Waals surface area contributed by atoms with Crippen LogP contribution < -0.4 is 0 Å². The zero-order valence-corrected chi connectivity index (χ0v) is 11.2. The van der Waals surface area contributed by atoms with Crippen molar-refractivity contribution in [1.29, 1.82) is 0 Å². The molecule has 0 unspecified atom stereocenters. The summed E-state index contributed by atoms with van der Waals surface area (Å²) < 4.78 is 10.6. The SMILES string of the molecule is COC(=O)C1CCC(OCC2(O)CCCC2)CC1. The van der Waals surface area contributed by atoms with Gasteiger partial charge in [0.2, 0.25) is 0 Å². The first kappa shape index (κ1) is 13.8. The quantitative estimate of drug-likeness (QED) is 0.782. The minimum Gasteiger partial charge on any atom is -0.469 e. The van der Waals surface area contributed by atoms with Crippen molar-refractivity contribution in [2.45, 2.75) is 63.1 Å². The molecule has 0 atom stereocenters. The van der Waals surface area contributed by atoms with Crippen LogP contribution in [0.1, 0.15) is 51.4 Å². The zero-order chi connectivity index (χ0) is 13.0. The topological polar surface area (TPSA) is 55.8 Å². The lowest BCUT2D eigenvalue weighted by Gasteiger charge is -2.30. The maximum atomic E-state index is 11.4. The van der Waals surface area contributed by atoms with Gasteiger partial charge >= 0.3 is 5.97 Å². The average molecular weight is 256 g/mol. The molecule has 0 aliphatic heterocycles. The van der Waals surface area contributed by atoms with E-state index in [1.54, 1.807) is 0 Å². The maximum absolute atomic E-state index is 11.4. The molecule has 18 heavy (non-hydrogen) atoms. The predicted molar refractivity (Wildman–Crippen MR) is 67.1 cm³/mol. The number of carbonyl (C=O) groups is 1. The van der Waals surface area contributed by atoms with Crippen LogP contribution >= 0.6 is 0 Å². The largest absolute Gasteiger partial charge is 0.469 e. The summed E-state index contributed by atoms with van der Waals surface area (Å²) in [5, 5.41) is 10.2. The summed E-state index contributed by atoms with van der Waals surface area (Å²) in [7, 11) is 1.44. The van der Waals surface area contributed by atoms with E-state index in [0.29, 0.717) is 6.61 Å². The molecule has 1 N–H and O–H groups in total. The van der Waals surface area contributed by atoms with E-state index in [0.717, 1.165) is 51.4 Å². The van der Waals surface area contributed by atoms with E-state index >= 15 is 0 Å². The number of carbonyl (C=O) groups excluding carboxylic acids is 1. The number of esters is 1. The predicted octanol–water partition coefficient (Wildman–Crippen LogP) is 2.04. The van der Waals surface area contributed by atoms with Gasteiger partial charge in [0.05, 0.1) is 31.3 Å². The van der Waals surface area contributed by atoms with Crippen LogP contribution in [0.3, 0.4) is 0 Å². The van der Waals surface area contributed by atoms with Gasteiger partial charge in [0, 0.05) is 0 Å². The van der Waals surface area contributed by atoms with Crippen LogP contribution in [0.2, 0.25) is 0 Å². The number of methoxy groups -OCH3 is 1. The Kier molecular flexibility index (Phi) is 4.62. The monoisotopic (exact) mass is 256 g/mol. The van der Waals surface area contributed by atoms with E-state index in [1.165, 1.54) is 7.11 Å². The highest BCUT2D eigenvalue weighted by atomic mass is 16.5. The number of rotatable bonds is 4. The van der Waals surface area contributed by atoms with E-state index in [2.05, 4.69) is 0 Å². The molecule has 2 aliphatic carbocycles. The Labute approximate surface area is 109 Å². The highest BCUT2D eigenvalue weighted by Crippen LogP contribution is 2.32. The first-order valence-electron chi connectivity index (χ1n) is 7.05. The van der Waals surface area contributed by atoms with Crippen molar-refractivity contribution in [3.05, 3.63) is 0 Å². The molecule has 0 amide bonds. The Morgan fingerprint density at radius 3 is 2.39 bits per heavy atom. The van der Waals surface area contributed by atoms with Gasteiger partial charge in [-0.1, -0.05) is 12.8 Å². The van der Waals surface area contributed by atoms with Crippen LogP contribution in [0.15, 0.2) is 0 Å². The fourth-order valence-electron chi connectivity index (χ4n) is 3.08. The second kappa shape index (κ2) is 6.02. The average Bonchev–Trinajstić information content (AvgIpc) is 2.83. The fraction of sp³-hybridized carbons (Fsp3) is 0.929. The van der Waals surface area contributed by atoms with E-state index in [1.807, 2.05) is 0 Å². The molecule has 0 aromatic rings. The molecule has 104 valence electrons. The second-order valence-corrected chi connectivity index (χ2v) is 5.74. The van der Waals surface area contributed by atoms with Crippen molar-refractivity contribution in [1.82, 2.24) is 0 Å². The van der Waals surface area contributed by atoms with E-state index < -0.39 is 5.60 Å². The van der Waals surface area contributed by atoms with Crippen molar-refractivity contribution in [2.24, 2.45) is 5.92 Å². The minimum absolute atomic E-state index is 0.0458. The van der Waals surface area contributed by atoms with Crippen LogP contribution in [0.4, 0.5) is 0 Å². The van der Waals surface area contributed by atoms with Gasteiger partial charge in [-0.05, 0) is 38.5 Å². The summed E-state index contributed by atoms with van der Waals surface area (Å²) in [5.74, 6) is -0.0488. The Bertz CT molecular complexity index is 276. The molecule has 0 heterocycles. The number of aliphatic hydroxyl groups is 1. The molecule has 2 fully saturated rings. The van der Waals surface area contributed by atoms with Crippen LogP contribution in [0.25, 0.3) is 0 Å². The van der Waals surface area contributed by atoms with Gasteiger partial charge in [-0.3, -0.25) is 4.79 Å². The molecule has 0 aromatic carbocycles. The molecule has 0 bridgehead atoms. The molecule has 2 saturated carbocycles. The third kappa shape index (κ3) is 3.45. The van der Waals surface area contributed by atoms with Gasteiger partial charge in [0.1, 0.15) is 0 Å². The standard InChI is InChI=1S/C14H24O4/c1-17-13(15)11-4-6-12(7-5-11)18-10-14(16)8-2-3-9-14/h11-12,16H,2-10H2,1H3. The maximum Gasteiger partial charge on any atom is 0.308 e. The van der Waals surface area contributed by atoms with Crippen LogP contribution in [-0.4, -0.2) is 36.5 Å². The van der Waals surface area contributed by atoms with Crippen molar-refractivity contribution < 1.29 is 19.4 Å². The number of ether oxygens (including phenoxy) is 2. The first-order chi connectivity index (χ1) is 8.63. The number of hydrogen-bond donors (Lipinski definition) is 1. The first-order valence-corrected chi connectivity index (χ1v) is 7.05. The molecule has 0 radical (unpaired) electrons. The van der Waals surface area contributed by atoms with Crippen LogP contribution in [-0.2, 0) is 14.3 Å². The van der Waals surface area contributed by atoms with Gasteiger partial charge in [0.15, 0.2) is 0 Å². The lowest BCUT2D eigenvalue weighted by Crippen LogP contribution is -2.35. The van der Waals surface area contributed by atoms with Crippen molar-refractivity contribution >= 4 is 5.97 Å². The molecular formula is C14H24O4. The molecule has 0 spiro atoms. The van der Waals surface area contributed by atoms with Crippen LogP contribution in [0.5, 0.6) is 0 Å². The third-order valence-electron chi connectivity index (χ3n) is 4.33. The Hall–Kier alpha value is -0.610. The smallest absolute Gasteiger partial charge is 0.308 e. The molecule has 4 heteroatoms. The molecule has 2 rings (SSSR count). The summed E-state index contributed by atoms with van der Waals surface area (Å²) in [5.41, 5.74) is -0.584. The minimum atomic E-state index is -0.584. The summed E-state index contributed by atoms with van der Waals surface area (Å²) in [6, 6.07) is 0. The van der Waals surface area contributed by atoms with Gasteiger partial charge in [0.25, 0.3) is 0 Å². The van der Waals surface area contributed by atoms with E-state index in [9.17, 15) is 9.90 Å². The lowest BCUT2D eigenvalue weighted by molar-refractivity contribution is -0.148. The summed E-state index contributed by atoms with van der Waals surface area (Å²) in [6.45, 7) is 0.459. The number of hydrogen-bond acceptors (Lipinski definition) is 4. The van der Waals surface area contributed by atoms with E-state index in [-0.39, 0.29) is 18.0 Å². The molecule has 0 saturated heterocycles. The Morgan fingerprint density at radius 2 is 1.83 bits per heavy atom. The molecule has 2 aliphatic rings. The van der Waals surface area contributed by atoms with Gasteiger partial charge in [-0.15, -0.1) is 0 Å². The van der Waals surface area contributed by atoms with Gasteiger partial charge in [-0.2, -0.15) is 0 Å². The van der Waals surface area contributed by atoms with Gasteiger partial charge in [-0.25, -0.2) is 0 Å². The summed E-state index contributed by atoms with van der Waals surface area (Å²) in [6.07, 6.45) is 7.63. The molecule has 0 aromatic heterocycles. The summed E-state index contributed by atoms with van der Waals surface area (Å²) in [4.78, 5) is 11.4. The fourth-order valence-corrected chi connectivity index (χ4v) is 3.08. The Balaban J connectivity index is 1.69. The van der Waals surface area contributed by atoms with Crippen LogP contribution in [0, 0.1) is 5.92 Å². The Morgan fingerprint density at radius 1 is 1.22 bits per heavy atom. The van der Waals surface area contributed by atoms with E-state index in [4.69, 9.17) is 9.47 Å². The van der Waals surface area contributed by atoms with Gasteiger partial charge < -0.3 is 14.6 Å². The van der Waals surface area contributed by atoms with Crippen molar-refractivity contribution in [2.75, 3.05) is 13.7 Å². The van der Waals surface area contributed by atoms with Crippen molar-refractivity contribution in [3.63, 3.8) is 0 Å². The molecule has 4 nitrogen and oxygen atoms in total. The highest BCUT2D eigenvalue weighted by Gasteiger charge is 2.33. The third-order valence-corrected chi connectivity index (χ3v) is 4.33. The second-order valence-electron chi connectivity index (χ2n) is 5.74. The highest BCUT2D eigenvalue weighted by molar-refractivity contribution is 5.72. The molecular weight excluding hydrogens is 232 g/mol. The van der Waals surface area contributed by atoms with Crippen molar-refractivity contribution in [3.8, 4) is 0 Å². The lowest BCUT2D eigenvalue weighted by atomic mass is 9.87. The summed E-state index contributed by atoms with van der Waals surface area (Å²) >= 11 is 0. The zero-order valence-electron chi connectivity index (χ0n) is 11.2.